The molecule has 1 atom stereocenters. The number of hydrogen-bond acceptors (Lipinski definition) is 7. The molecule has 0 aliphatic carbocycles. The molecule has 0 radical (unpaired) electrons. The van der Waals surface area contributed by atoms with Crippen LogP contribution in [-0.2, 0) is 10.3 Å². The number of amides is 1. The molecule has 2 N–H and O–H groups in total. The number of rotatable bonds is 7. The largest absolute Gasteiger partial charge is 0.492 e. The van der Waals surface area contributed by atoms with Crippen LogP contribution < -0.4 is 15.4 Å². The summed E-state index contributed by atoms with van der Waals surface area (Å²) in [6.07, 6.45) is 0.399. The maximum atomic E-state index is 12.4. The predicted molar refractivity (Wildman–Crippen MR) is 106 cm³/mol. The SMILES string of the molecule is CCOc1cncc(-c2cnc(C(C)(C)N3CCN[C@H](C(=O)NCC(F)(F)F)C3)o2)c1. The van der Waals surface area contributed by atoms with Crippen molar-refractivity contribution in [2.24, 2.45) is 0 Å². The third-order valence-corrected chi connectivity index (χ3v) is 5.08. The molecule has 3 heterocycles. The van der Waals surface area contributed by atoms with E-state index in [9.17, 15) is 18.0 Å². The third kappa shape index (κ3) is 5.73. The number of alkyl halides is 3. The van der Waals surface area contributed by atoms with E-state index in [0.29, 0.717) is 42.7 Å². The van der Waals surface area contributed by atoms with Crippen molar-refractivity contribution in [2.45, 2.75) is 38.5 Å². The number of pyridine rings is 1. The third-order valence-electron chi connectivity index (χ3n) is 5.08. The highest BCUT2D eigenvalue weighted by atomic mass is 19.4. The molecule has 3 rings (SSSR count). The van der Waals surface area contributed by atoms with Gasteiger partial charge in [0, 0.05) is 31.4 Å². The maximum absolute atomic E-state index is 12.4. The highest BCUT2D eigenvalue weighted by molar-refractivity contribution is 5.82. The van der Waals surface area contributed by atoms with Gasteiger partial charge in [0.15, 0.2) is 5.76 Å². The van der Waals surface area contributed by atoms with Crippen LogP contribution in [0.25, 0.3) is 11.3 Å². The zero-order valence-electron chi connectivity index (χ0n) is 17.6. The van der Waals surface area contributed by atoms with Crippen LogP contribution in [-0.4, -0.2) is 65.8 Å². The van der Waals surface area contributed by atoms with E-state index >= 15 is 0 Å². The Bertz CT molecular complexity index is 900. The number of ether oxygens (including phenoxy) is 1. The molecule has 0 spiro atoms. The first-order valence-electron chi connectivity index (χ1n) is 9.97. The van der Waals surface area contributed by atoms with Crippen LogP contribution in [0.5, 0.6) is 5.75 Å². The number of halogens is 3. The second kappa shape index (κ2) is 9.23. The average molecular weight is 441 g/mol. The van der Waals surface area contributed by atoms with Crippen LogP contribution in [0.1, 0.15) is 26.7 Å². The lowest BCUT2D eigenvalue weighted by Gasteiger charge is -2.41. The van der Waals surface area contributed by atoms with Gasteiger partial charge < -0.3 is 19.8 Å². The summed E-state index contributed by atoms with van der Waals surface area (Å²) in [5.41, 5.74) is 0.0265. The van der Waals surface area contributed by atoms with Gasteiger partial charge in [0.25, 0.3) is 0 Å². The Labute approximate surface area is 178 Å². The molecule has 2 aromatic heterocycles. The van der Waals surface area contributed by atoms with E-state index in [0.717, 1.165) is 0 Å². The lowest BCUT2D eigenvalue weighted by Crippen LogP contribution is -2.61. The Kier molecular flexibility index (Phi) is 6.85. The maximum Gasteiger partial charge on any atom is 0.405 e. The summed E-state index contributed by atoms with van der Waals surface area (Å²) < 4.78 is 48.7. The molecule has 0 unspecified atom stereocenters. The summed E-state index contributed by atoms with van der Waals surface area (Å²) >= 11 is 0. The number of aromatic nitrogens is 2. The van der Waals surface area contributed by atoms with E-state index in [1.807, 2.05) is 31.0 Å². The molecule has 1 amide bonds. The summed E-state index contributed by atoms with van der Waals surface area (Å²) in [6, 6.07) is 1.04. The first-order chi connectivity index (χ1) is 14.6. The number of nitrogens with one attached hydrogen (secondary N) is 2. The second-order valence-corrected chi connectivity index (χ2v) is 7.72. The van der Waals surface area contributed by atoms with E-state index in [1.54, 1.807) is 24.7 Å². The van der Waals surface area contributed by atoms with Crippen molar-refractivity contribution in [3.8, 4) is 17.1 Å². The normalized spacial score (nSPS) is 18.1. The first-order valence-corrected chi connectivity index (χ1v) is 9.97. The standard InChI is InChI=1S/C20H26F3N5O3/c1-4-30-14-7-13(8-24-9-14)16-10-26-18(31-16)19(2,3)28-6-5-25-15(11-28)17(29)27-12-20(21,22)23/h7-10,15,25H,4-6,11-12H2,1-3H3,(H,27,29)/t15-/m0/s1. The van der Waals surface area contributed by atoms with Gasteiger partial charge in [-0.2, -0.15) is 13.2 Å². The van der Waals surface area contributed by atoms with Crippen LogP contribution in [0, 0.1) is 0 Å². The molecular weight excluding hydrogens is 415 g/mol. The van der Waals surface area contributed by atoms with Crippen molar-refractivity contribution in [2.75, 3.05) is 32.8 Å². The van der Waals surface area contributed by atoms with E-state index in [-0.39, 0.29) is 6.54 Å². The minimum Gasteiger partial charge on any atom is -0.492 e. The van der Waals surface area contributed by atoms with Gasteiger partial charge in [0.1, 0.15) is 12.3 Å². The number of oxazole rings is 1. The zero-order chi connectivity index (χ0) is 22.6. The molecule has 0 saturated carbocycles. The van der Waals surface area contributed by atoms with Crippen LogP contribution >= 0.6 is 0 Å². The predicted octanol–water partition coefficient (Wildman–Crippen LogP) is 2.32. The Morgan fingerprint density at radius 2 is 2.13 bits per heavy atom. The second-order valence-electron chi connectivity index (χ2n) is 7.72. The van der Waals surface area contributed by atoms with E-state index in [1.165, 1.54) is 0 Å². The van der Waals surface area contributed by atoms with Crippen molar-refractivity contribution < 1.29 is 27.1 Å². The number of carbonyl (C=O) groups is 1. The lowest BCUT2D eigenvalue weighted by atomic mass is 10.00. The fourth-order valence-electron chi connectivity index (χ4n) is 3.37. The first kappa shape index (κ1) is 23.0. The van der Waals surface area contributed by atoms with Gasteiger partial charge in [-0.15, -0.1) is 0 Å². The topological polar surface area (TPSA) is 92.5 Å². The molecule has 170 valence electrons. The van der Waals surface area contributed by atoms with Crippen LogP contribution in [0.4, 0.5) is 13.2 Å². The molecule has 2 aromatic rings. The Hall–Kier alpha value is -2.66. The van der Waals surface area contributed by atoms with Gasteiger partial charge >= 0.3 is 6.18 Å². The van der Waals surface area contributed by atoms with Crippen molar-refractivity contribution in [1.82, 2.24) is 25.5 Å². The highest BCUT2D eigenvalue weighted by Crippen LogP contribution is 2.32. The number of piperazine rings is 1. The van der Waals surface area contributed by atoms with Crippen LogP contribution in [0.2, 0.25) is 0 Å². The monoisotopic (exact) mass is 441 g/mol. The molecule has 1 fully saturated rings. The quantitative estimate of drug-likeness (QED) is 0.681. The lowest BCUT2D eigenvalue weighted by molar-refractivity contribution is -0.140. The molecule has 0 bridgehead atoms. The Balaban J connectivity index is 1.71. The summed E-state index contributed by atoms with van der Waals surface area (Å²) in [6.45, 7) is 6.07. The van der Waals surface area contributed by atoms with Crippen molar-refractivity contribution in [3.05, 3.63) is 30.5 Å². The van der Waals surface area contributed by atoms with Crippen molar-refractivity contribution in [1.29, 1.82) is 0 Å². The number of hydrogen-bond donors (Lipinski definition) is 2. The van der Waals surface area contributed by atoms with Gasteiger partial charge in [-0.05, 0) is 26.8 Å². The average Bonchev–Trinajstić information content (AvgIpc) is 3.23. The van der Waals surface area contributed by atoms with E-state index in [2.05, 4.69) is 15.3 Å². The van der Waals surface area contributed by atoms with E-state index in [4.69, 9.17) is 9.15 Å². The number of carbonyl (C=O) groups excluding carboxylic acids is 1. The van der Waals surface area contributed by atoms with Gasteiger partial charge in [-0.3, -0.25) is 14.7 Å². The molecule has 1 saturated heterocycles. The molecule has 8 nitrogen and oxygen atoms in total. The van der Waals surface area contributed by atoms with Crippen molar-refractivity contribution in [3.63, 3.8) is 0 Å². The Morgan fingerprint density at radius 3 is 2.84 bits per heavy atom. The molecular formula is C20H26F3N5O3. The fourth-order valence-corrected chi connectivity index (χ4v) is 3.37. The highest BCUT2D eigenvalue weighted by Gasteiger charge is 2.39. The summed E-state index contributed by atoms with van der Waals surface area (Å²) in [5, 5.41) is 4.90. The minimum absolute atomic E-state index is 0.218. The summed E-state index contributed by atoms with van der Waals surface area (Å²) in [4.78, 5) is 22.7. The summed E-state index contributed by atoms with van der Waals surface area (Å²) in [7, 11) is 0. The Morgan fingerprint density at radius 1 is 1.35 bits per heavy atom. The smallest absolute Gasteiger partial charge is 0.405 e. The van der Waals surface area contributed by atoms with Crippen LogP contribution in [0.15, 0.2) is 29.1 Å². The zero-order valence-corrected chi connectivity index (χ0v) is 17.6. The fraction of sp³-hybridized carbons (Fsp3) is 0.550. The van der Waals surface area contributed by atoms with Gasteiger partial charge in [0.2, 0.25) is 11.8 Å². The van der Waals surface area contributed by atoms with Gasteiger partial charge in [-0.25, -0.2) is 4.98 Å². The molecule has 11 heteroatoms. The van der Waals surface area contributed by atoms with Crippen LogP contribution in [0.3, 0.4) is 0 Å². The molecule has 0 aromatic carbocycles. The van der Waals surface area contributed by atoms with E-state index < -0.39 is 30.2 Å². The molecule has 1 aliphatic rings. The minimum atomic E-state index is -4.45. The van der Waals surface area contributed by atoms with Gasteiger partial charge in [-0.1, -0.05) is 0 Å². The summed E-state index contributed by atoms with van der Waals surface area (Å²) in [5.74, 6) is 0.879. The number of nitrogens with zero attached hydrogens (tertiary/aromatic N) is 3. The molecule has 1 aliphatic heterocycles. The van der Waals surface area contributed by atoms with Gasteiger partial charge in [0.05, 0.1) is 30.6 Å². The van der Waals surface area contributed by atoms with Crippen molar-refractivity contribution >= 4 is 5.91 Å². The molecule has 31 heavy (non-hydrogen) atoms.